The first-order valence-corrected chi connectivity index (χ1v) is 10.7. The van der Waals surface area contributed by atoms with Gasteiger partial charge < -0.3 is 4.90 Å². The van der Waals surface area contributed by atoms with Crippen molar-refractivity contribution in [1.82, 2.24) is 24.7 Å². The molecule has 1 aliphatic rings. The Morgan fingerprint density at radius 3 is 2.60 bits per heavy atom. The Morgan fingerprint density at radius 2 is 1.83 bits per heavy atom. The first kappa shape index (κ1) is 19.1. The number of likely N-dealkylation sites (tertiary alicyclic amines) is 1. The zero-order chi connectivity index (χ0) is 20.8. The third kappa shape index (κ3) is 3.35. The maximum Gasteiger partial charge on any atom is 0.133 e. The van der Waals surface area contributed by atoms with Crippen molar-refractivity contribution in [2.75, 3.05) is 19.6 Å². The van der Waals surface area contributed by atoms with Gasteiger partial charge in [-0.25, -0.2) is 8.91 Å². The standard InChI is InChI=1S/C24H26FN5/c1-4-29-7-5-17(6-8-29)21-13-19-20(25)11-18(12-23(19)27-26-21)22-10-16(3)24-9-15(2)14-30(24)28-22/h9-14,17H,4-8H2,1-3H3. The van der Waals surface area contributed by atoms with E-state index < -0.39 is 0 Å². The summed E-state index contributed by atoms with van der Waals surface area (Å²) >= 11 is 0. The van der Waals surface area contributed by atoms with Crippen LogP contribution in [0.15, 0.2) is 36.5 Å². The zero-order valence-corrected chi connectivity index (χ0v) is 17.7. The lowest BCUT2D eigenvalue weighted by Crippen LogP contribution is -2.32. The Bertz CT molecular complexity index is 1240. The number of halogens is 1. The molecule has 0 N–H and O–H groups in total. The predicted molar refractivity (Wildman–Crippen MR) is 117 cm³/mol. The number of benzene rings is 1. The maximum atomic E-state index is 15.1. The summed E-state index contributed by atoms with van der Waals surface area (Å²) in [6, 6.07) is 9.45. The molecular formula is C24H26FN5. The van der Waals surface area contributed by atoms with Crippen LogP contribution in [0.3, 0.4) is 0 Å². The fourth-order valence-electron chi connectivity index (χ4n) is 4.53. The second-order valence-corrected chi connectivity index (χ2v) is 8.43. The van der Waals surface area contributed by atoms with Crippen molar-refractivity contribution in [3.8, 4) is 11.3 Å². The summed E-state index contributed by atoms with van der Waals surface area (Å²) in [5, 5.41) is 14.1. The molecule has 0 saturated carbocycles. The molecule has 0 amide bonds. The van der Waals surface area contributed by atoms with Gasteiger partial charge in [0, 0.05) is 23.1 Å². The number of nitrogens with zero attached hydrogens (tertiary/aromatic N) is 5. The lowest BCUT2D eigenvalue weighted by Gasteiger charge is -2.30. The molecule has 1 aromatic carbocycles. The van der Waals surface area contributed by atoms with Crippen LogP contribution >= 0.6 is 0 Å². The summed E-state index contributed by atoms with van der Waals surface area (Å²) in [4.78, 5) is 2.44. The molecule has 4 aromatic rings. The van der Waals surface area contributed by atoms with Gasteiger partial charge in [-0.3, -0.25) is 0 Å². The molecule has 0 spiro atoms. The van der Waals surface area contributed by atoms with Crippen LogP contribution in [0.5, 0.6) is 0 Å². The van der Waals surface area contributed by atoms with Crippen molar-refractivity contribution in [2.45, 2.75) is 39.5 Å². The van der Waals surface area contributed by atoms with Crippen LogP contribution in [0.1, 0.15) is 42.5 Å². The molecule has 1 fully saturated rings. The minimum Gasteiger partial charge on any atom is -0.304 e. The van der Waals surface area contributed by atoms with Crippen LogP contribution in [-0.2, 0) is 0 Å². The van der Waals surface area contributed by atoms with Crippen molar-refractivity contribution < 1.29 is 4.39 Å². The smallest absolute Gasteiger partial charge is 0.133 e. The molecule has 30 heavy (non-hydrogen) atoms. The van der Waals surface area contributed by atoms with Gasteiger partial charge in [0.1, 0.15) is 5.82 Å². The molecule has 0 radical (unpaired) electrons. The van der Waals surface area contributed by atoms with Crippen molar-refractivity contribution >= 4 is 16.4 Å². The van der Waals surface area contributed by atoms with E-state index in [4.69, 9.17) is 0 Å². The highest BCUT2D eigenvalue weighted by molar-refractivity contribution is 5.84. The summed E-state index contributed by atoms with van der Waals surface area (Å²) in [5.41, 5.74) is 6.25. The van der Waals surface area contributed by atoms with Gasteiger partial charge in [0.2, 0.25) is 0 Å². The number of rotatable bonds is 3. The number of hydrogen-bond acceptors (Lipinski definition) is 4. The largest absolute Gasteiger partial charge is 0.304 e. The van der Waals surface area contributed by atoms with Crippen LogP contribution in [0, 0.1) is 19.7 Å². The van der Waals surface area contributed by atoms with E-state index in [2.05, 4.69) is 33.2 Å². The maximum absolute atomic E-state index is 15.1. The van der Waals surface area contributed by atoms with E-state index in [-0.39, 0.29) is 5.82 Å². The van der Waals surface area contributed by atoms with Gasteiger partial charge in [-0.2, -0.15) is 15.3 Å². The number of fused-ring (bicyclic) bond motifs is 2. The Kier molecular flexibility index (Phi) is 4.74. The minimum atomic E-state index is -0.270. The molecule has 154 valence electrons. The lowest BCUT2D eigenvalue weighted by molar-refractivity contribution is 0.220. The molecular weight excluding hydrogens is 377 g/mol. The molecule has 1 aliphatic heterocycles. The molecule has 3 aromatic heterocycles. The highest BCUT2D eigenvalue weighted by Crippen LogP contribution is 2.31. The highest BCUT2D eigenvalue weighted by Gasteiger charge is 2.22. The van der Waals surface area contributed by atoms with E-state index in [1.165, 1.54) is 0 Å². The molecule has 0 unspecified atom stereocenters. The topological polar surface area (TPSA) is 46.3 Å². The van der Waals surface area contributed by atoms with Crippen LogP contribution in [-0.4, -0.2) is 44.3 Å². The summed E-state index contributed by atoms with van der Waals surface area (Å²) < 4.78 is 17.0. The third-order valence-electron chi connectivity index (χ3n) is 6.33. The van der Waals surface area contributed by atoms with E-state index in [0.717, 1.165) is 66.1 Å². The van der Waals surface area contributed by atoms with Gasteiger partial charge in [-0.15, -0.1) is 0 Å². The second kappa shape index (κ2) is 7.43. The summed E-state index contributed by atoms with van der Waals surface area (Å²) in [6.45, 7) is 9.49. The average Bonchev–Trinajstić information content (AvgIpc) is 3.14. The average molecular weight is 404 g/mol. The normalized spacial score (nSPS) is 16.0. The molecule has 0 aliphatic carbocycles. The van der Waals surface area contributed by atoms with Crippen molar-refractivity contribution in [2.24, 2.45) is 0 Å². The van der Waals surface area contributed by atoms with Crippen molar-refractivity contribution in [3.05, 3.63) is 59.2 Å². The zero-order valence-electron chi connectivity index (χ0n) is 17.7. The number of hydrogen-bond donors (Lipinski definition) is 0. The predicted octanol–water partition coefficient (Wildman–Crippen LogP) is 4.90. The van der Waals surface area contributed by atoms with E-state index in [1.807, 2.05) is 42.8 Å². The van der Waals surface area contributed by atoms with E-state index in [0.29, 0.717) is 16.8 Å². The van der Waals surface area contributed by atoms with Gasteiger partial charge in [0.25, 0.3) is 0 Å². The minimum absolute atomic E-state index is 0.270. The molecule has 5 rings (SSSR count). The summed E-state index contributed by atoms with van der Waals surface area (Å²) in [6.07, 6.45) is 4.08. The van der Waals surface area contributed by atoms with E-state index in [1.54, 1.807) is 6.07 Å². The Hall–Kier alpha value is -2.86. The highest BCUT2D eigenvalue weighted by atomic mass is 19.1. The van der Waals surface area contributed by atoms with Crippen LogP contribution in [0.2, 0.25) is 0 Å². The quantitative estimate of drug-likeness (QED) is 0.488. The summed E-state index contributed by atoms with van der Waals surface area (Å²) in [7, 11) is 0. The molecule has 0 bridgehead atoms. The van der Waals surface area contributed by atoms with Gasteiger partial charge in [-0.1, -0.05) is 6.92 Å². The van der Waals surface area contributed by atoms with Crippen molar-refractivity contribution in [1.29, 1.82) is 0 Å². The van der Waals surface area contributed by atoms with Crippen LogP contribution < -0.4 is 0 Å². The van der Waals surface area contributed by atoms with Crippen molar-refractivity contribution in [3.63, 3.8) is 0 Å². The molecule has 6 heteroatoms. The van der Waals surface area contributed by atoms with Gasteiger partial charge >= 0.3 is 0 Å². The first-order valence-electron chi connectivity index (χ1n) is 10.7. The van der Waals surface area contributed by atoms with Crippen LogP contribution in [0.25, 0.3) is 27.7 Å². The number of piperidine rings is 1. The third-order valence-corrected chi connectivity index (χ3v) is 6.33. The monoisotopic (exact) mass is 403 g/mol. The first-order chi connectivity index (χ1) is 14.5. The molecule has 0 atom stereocenters. The van der Waals surface area contributed by atoms with E-state index >= 15 is 4.39 Å². The fourth-order valence-corrected chi connectivity index (χ4v) is 4.53. The van der Waals surface area contributed by atoms with E-state index in [9.17, 15) is 0 Å². The Labute approximate surface area is 175 Å². The lowest BCUT2D eigenvalue weighted by atomic mass is 9.92. The molecule has 1 saturated heterocycles. The Morgan fingerprint density at radius 1 is 1.03 bits per heavy atom. The second-order valence-electron chi connectivity index (χ2n) is 8.43. The van der Waals surface area contributed by atoms with Gasteiger partial charge in [0.05, 0.1) is 22.4 Å². The van der Waals surface area contributed by atoms with Gasteiger partial charge in [-0.05, 0) is 87.8 Å². The molecule has 4 heterocycles. The fraction of sp³-hybridized carbons (Fsp3) is 0.375. The molecule has 5 nitrogen and oxygen atoms in total. The Balaban J connectivity index is 1.52. The number of aryl methyl sites for hydroxylation is 2. The number of aromatic nitrogens is 4. The summed E-state index contributed by atoms with van der Waals surface area (Å²) in [5.74, 6) is 0.0837. The van der Waals surface area contributed by atoms with Crippen LogP contribution in [0.4, 0.5) is 4.39 Å². The van der Waals surface area contributed by atoms with Gasteiger partial charge in [0.15, 0.2) is 0 Å². The SMILES string of the molecule is CCN1CCC(c2cc3c(F)cc(-c4cc(C)c5cc(C)cn5n4)cc3nn2)CC1.